The van der Waals surface area contributed by atoms with Crippen molar-refractivity contribution in [1.82, 2.24) is 0 Å². The lowest BCUT2D eigenvalue weighted by atomic mass is 10.1. The maximum absolute atomic E-state index is 12.4. The summed E-state index contributed by atoms with van der Waals surface area (Å²) in [7, 11) is 0. The van der Waals surface area contributed by atoms with Crippen LogP contribution in [0.2, 0.25) is 0 Å². The summed E-state index contributed by atoms with van der Waals surface area (Å²) >= 11 is 1.61. The third-order valence-electron chi connectivity index (χ3n) is 2.69. The first kappa shape index (κ1) is 19.3. The number of allylic oxidation sites excluding steroid dienone is 1. The van der Waals surface area contributed by atoms with Gasteiger partial charge in [-0.05, 0) is 18.1 Å². The van der Waals surface area contributed by atoms with Crippen LogP contribution in [-0.2, 0) is 0 Å². The van der Waals surface area contributed by atoms with E-state index in [9.17, 15) is 4.79 Å². The summed E-state index contributed by atoms with van der Waals surface area (Å²) in [5.41, 5.74) is 0.846. The molecule has 21 heavy (non-hydrogen) atoms. The zero-order valence-electron chi connectivity index (χ0n) is 12.6. The molecular formula is C19H26OS. The number of fused-ring (bicyclic) bond motifs is 1. The fourth-order valence-electron chi connectivity index (χ4n) is 1.77. The summed E-state index contributed by atoms with van der Waals surface area (Å²) < 4.78 is 1.01. The van der Waals surface area contributed by atoms with Gasteiger partial charge in [0.2, 0.25) is 0 Å². The highest BCUT2D eigenvalue weighted by molar-refractivity contribution is 7.19. The van der Waals surface area contributed by atoms with E-state index in [0.29, 0.717) is 5.92 Å². The summed E-state index contributed by atoms with van der Waals surface area (Å²) in [4.78, 5) is 13.4. The Morgan fingerprint density at radius 2 is 1.81 bits per heavy atom. The van der Waals surface area contributed by atoms with E-state index in [1.165, 1.54) is 0 Å². The first-order valence-corrected chi connectivity index (χ1v) is 7.81. The summed E-state index contributed by atoms with van der Waals surface area (Å²) in [5, 5.41) is 0.788. The largest absolute Gasteiger partial charge is 0.289 e. The molecule has 0 saturated heterocycles. The van der Waals surface area contributed by atoms with E-state index in [1.54, 1.807) is 17.4 Å². The Morgan fingerprint density at radius 3 is 2.38 bits per heavy atom. The van der Waals surface area contributed by atoms with Gasteiger partial charge in [0.1, 0.15) is 0 Å². The van der Waals surface area contributed by atoms with Gasteiger partial charge in [-0.2, -0.15) is 0 Å². The van der Waals surface area contributed by atoms with Crippen LogP contribution in [0, 0.1) is 5.92 Å². The van der Waals surface area contributed by atoms with Crippen molar-refractivity contribution in [3.8, 4) is 0 Å². The van der Waals surface area contributed by atoms with Gasteiger partial charge in [0.05, 0.1) is 0 Å². The average molecular weight is 302 g/mol. The molecule has 1 aromatic carbocycles. The summed E-state index contributed by atoms with van der Waals surface area (Å²) in [6.45, 7) is 12.0. The lowest BCUT2D eigenvalue weighted by Crippen LogP contribution is -2.06. The topological polar surface area (TPSA) is 17.1 Å². The van der Waals surface area contributed by atoms with Gasteiger partial charge in [-0.15, -0.1) is 11.3 Å². The van der Waals surface area contributed by atoms with Crippen LogP contribution in [0.1, 0.15) is 45.6 Å². The van der Waals surface area contributed by atoms with Crippen molar-refractivity contribution in [3.63, 3.8) is 0 Å². The quantitative estimate of drug-likeness (QED) is 0.656. The number of rotatable bonds is 3. The van der Waals surface area contributed by atoms with Gasteiger partial charge in [-0.25, -0.2) is 0 Å². The van der Waals surface area contributed by atoms with Crippen LogP contribution in [0.3, 0.4) is 0 Å². The van der Waals surface area contributed by atoms with Crippen molar-refractivity contribution in [1.29, 1.82) is 0 Å². The van der Waals surface area contributed by atoms with E-state index in [2.05, 4.69) is 20.4 Å². The van der Waals surface area contributed by atoms with Crippen LogP contribution >= 0.6 is 11.3 Å². The molecule has 2 rings (SSSR count). The molecule has 0 aliphatic carbocycles. The van der Waals surface area contributed by atoms with Crippen LogP contribution in [0.4, 0.5) is 0 Å². The fourth-order valence-corrected chi connectivity index (χ4v) is 2.78. The number of benzene rings is 1. The predicted octanol–water partition coefficient (Wildman–Crippen LogP) is 6.24. The van der Waals surface area contributed by atoms with Gasteiger partial charge in [0.15, 0.2) is 5.43 Å². The van der Waals surface area contributed by atoms with Gasteiger partial charge in [-0.3, -0.25) is 4.79 Å². The lowest BCUT2D eigenvalue weighted by Gasteiger charge is -2.03. The first-order chi connectivity index (χ1) is 9.63. The van der Waals surface area contributed by atoms with Crippen LogP contribution < -0.4 is 5.43 Å². The molecule has 0 N–H and O–H groups in total. The Bertz CT molecular complexity index is 663. The van der Waals surface area contributed by atoms with E-state index >= 15 is 0 Å². The van der Waals surface area contributed by atoms with E-state index in [1.807, 2.05) is 50.3 Å². The van der Waals surface area contributed by atoms with E-state index < -0.39 is 0 Å². The second kappa shape index (κ2) is 9.30. The van der Waals surface area contributed by atoms with Crippen molar-refractivity contribution >= 4 is 33.6 Å². The second-order valence-electron chi connectivity index (χ2n) is 4.51. The van der Waals surface area contributed by atoms with Crippen LogP contribution in [-0.4, -0.2) is 0 Å². The second-order valence-corrected chi connectivity index (χ2v) is 5.60. The molecule has 0 fully saturated rings. The maximum Gasteiger partial charge on any atom is 0.195 e. The van der Waals surface area contributed by atoms with Gasteiger partial charge in [0, 0.05) is 20.5 Å². The standard InChI is InChI=1S/C16H16OS.C2H6.CH4/c1-4-14-13(10-9-11(2)3)16(17)12-7-5-6-8-15(12)18-14;1-2;/h4-11H,1H2,2-3H3;1-2H3;1H4/b10-9-;;. The minimum Gasteiger partial charge on any atom is -0.289 e. The SMILES string of the molecule is C.C=Cc1sc2ccccc2c(=O)c1/C=C\C(C)C.CC. The monoisotopic (exact) mass is 302 g/mol. The number of hydrogen-bond acceptors (Lipinski definition) is 2. The average Bonchev–Trinajstić information content (AvgIpc) is 2.48. The molecule has 0 aliphatic rings. The van der Waals surface area contributed by atoms with E-state index in [0.717, 1.165) is 20.5 Å². The Hall–Kier alpha value is -1.67. The molecule has 0 bridgehead atoms. The van der Waals surface area contributed by atoms with Crippen molar-refractivity contribution < 1.29 is 0 Å². The van der Waals surface area contributed by atoms with Crippen molar-refractivity contribution in [2.24, 2.45) is 5.92 Å². The molecule has 0 atom stereocenters. The van der Waals surface area contributed by atoms with Gasteiger partial charge in [-0.1, -0.05) is 72.1 Å². The van der Waals surface area contributed by atoms with Crippen molar-refractivity contribution in [3.05, 3.63) is 57.6 Å². The van der Waals surface area contributed by atoms with Crippen LogP contribution in [0.15, 0.2) is 41.7 Å². The van der Waals surface area contributed by atoms with Crippen molar-refractivity contribution in [2.45, 2.75) is 35.1 Å². The lowest BCUT2D eigenvalue weighted by molar-refractivity contribution is 0.836. The van der Waals surface area contributed by atoms with E-state index in [-0.39, 0.29) is 12.9 Å². The molecule has 0 radical (unpaired) electrons. The Balaban J connectivity index is 0.00000128. The molecule has 0 saturated carbocycles. The molecule has 0 unspecified atom stereocenters. The minimum absolute atomic E-state index is 0. The van der Waals surface area contributed by atoms with Crippen molar-refractivity contribution in [2.75, 3.05) is 0 Å². The maximum atomic E-state index is 12.4. The van der Waals surface area contributed by atoms with Gasteiger partial charge < -0.3 is 0 Å². The van der Waals surface area contributed by atoms with E-state index in [4.69, 9.17) is 0 Å². The molecule has 1 heterocycles. The Kier molecular flexibility index (Phi) is 8.56. The molecule has 2 aromatic rings. The zero-order valence-corrected chi connectivity index (χ0v) is 13.5. The van der Waals surface area contributed by atoms with Crippen LogP contribution in [0.25, 0.3) is 22.2 Å². The molecule has 1 nitrogen and oxygen atoms in total. The normalized spacial score (nSPS) is 10.1. The summed E-state index contributed by atoms with van der Waals surface area (Å²) in [6.07, 6.45) is 5.73. The predicted molar refractivity (Wildman–Crippen MR) is 100 cm³/mol. The molecule has 0 aliphatic heterocycles. The fraction of sp³-hybridized carbons (Fsp3) is 0.316. The molecular weight excluding hydrogens is 276 g/mol. The molecule has 1 aromatic heterocycles. The van der Waals surface area contributed by atoms with Gasteiger partial charge in [0.25, 0.3) is 0 Å². The third-order valence-corrected chi connectivity index (χ3v) is 3.88. The highest BCUT2D eigenvalue weighted by Crippen LogP contribution is 2.23. The number of hydrogen-bond donors (Lipinski definition) is 0. The highest BCUT2D eigenvalue weighted by atomic mass is 32.1. The molecule has 0 amide bonds. The smallest absolute Gasteiger partial charge is 0.195 e. The summed E-state index contributed by atoms with van der Waals surface area (Å²) in [6, 6.07) is 7.72. The van der Waals surface area contributed by atoms with Crippen LogP contribution in [0.5, 0.6) is 0 Å². The molecule has 0 spiro atoms. The zero-order chi connectivity index (χ0) is 15.1. The van der Waals surface area contributed by atoms with Gasteiger partial charge >= 0.3 is 0 Å². The Labute approximate surface area is 132 Å². The minimum atomic E-state index is 0. The summed E-state index contributed by atoms with van der Waals surface area (Å²) in [5.74, 6) is 0.429. The Morgan fingerprint density at radius 1 is 1.19 bits per heavy atom. The third kappa shape index (κ3) is 4.68. The highest BCUT2D eigenvalue weighted by Gasteiger charge is 2.07. The molecule has 114 valence electrons. The molecule has 2 heteroatoms. The first-order valence-electron chi connectivity index (χ1n) is 7.00.